The maximum atomic E-state index is 8.87. The summed E-state index contributed by atoms with van der Waals surface area (Å²) in [5.41, 5.74) is 2.91. The predicted molar refractivity (Wildman–Crippen MR) is 89.8 cm³/mol. The number of aliphatic hydroxyl groups is 1. The molecule has 0 atom stereocenters. The molecule has 1 aromatic carbocycles. The molecule has 2 heteroatoms. The minimum Gasteiger partial charge on any atom is -0.371 e. The zero-order chi connectivity index (χ0) is 15.4. The third-order valence-electron chi connectivity index (χ3n) is 6.02. The molecule has 2 aliphatic rings. The average molecular weight is 302 g/mol. The maximum Gasteiger partial charge on any atom is 0.143 e. The Morgan fingerprint density at radius 1 is 0.864 bits per heavy atom. The fourth-order valence-electron chi connectivity index (χ4n) is 4.59. The van der Waals surface area contributed by atoms with Crippen LogP contribution in [0.3, 0.4) is 0 Å². The third kappa shape index (κ3) is 3.91. The van der Waals surface area contributed by atoms with Gasteiger partial charge >= 0.3 is 0 Å². The molecule has 0 aromatic heterocycles. The minimum absolute atomic E-state index is 0.114. The van der Waals surface area contributed by atoms with E-state index in [2.05, 4.69) is 31.2 Å². The SMILES string of the molecule is Cc1ccc(C2CCC(C3CCC(OCO)CC3)CC2)cc1. The maximum absolute atomic E-state index is 8.87. The second kappa shape index (κ2) is 7.61. The van der Waals surface area contributed by atoms with E-state index in [9.17, 15) is 0 Å². The van der Waals surface area contributed by atoms with Crippen LogP contribution < -0.4 is 0 Å². The molecule has 2 aliphatic carbocycles. The van der Waals surface area contributed by atoms with Crippen LogP contribution in [0.2, 0.25) is 0 Å². The Hall–Kier alpha value is -0.860. The van der Waals surface area contributed by atoms with Crippen molar-refractivity contribution in [3.05, 3.63) is 35.4 Å². The van der Waals surface area contributed by atoms with Gasteiger partial charge in [-0.1, -0.05) is 29.8 Å². The Balaban J connectivity index is 1.47. The zero-order valence-corrected chi connectivity index (χ0v) is 13.8. The van der Waals surface area contributed by atoms with E-state index in [1.54, 1.807) is 5.56 Å². The van der Waals surface area contributed by atoms with Gasteiger partial charge in [0.05, 0.1) is 6.10 Å². The molecule has 0 aliphatic heterocycles. The van der Waals surface area contributed by atoms with Gasteiger partial charge in [0, 0.05) is 0 Å². The van der Waals surface area contributed by atoms with Gasteiger partial charge in [0.15, 0.2) is 0 Å². The largest absolute Gasteiger partial charge is 0.371 e. The van der Waals surface area contributed by atoms with E-state index in [-0.39, 0.29) is 6.79 Å². The van der Waals surface area contributed by atoms with Crippen LogP contribution in [0.5, 0.6) is 0 Å². The lowest BCUT2D eigenvalue weighted by atomic mass is 9.69. The first kappa shape index (κ1) is 16.0. The predicted octanol–water partition coefficient (Wildman–Crippen LogP) is 4.79. The van der Waals surface area contributed by atoms with Gasteiger partial charge in [-0.15, -0.1) is 0 Å². The highest BCUT2D eigenvalue weighted by Gasteiger charge is 2.31. The number of rotatable bonds is 4. The van der Waals surface area contributed by atoms with Gasteiger partial charge < -0.3 is 9.84 Å². The van der Waals surface area contributed by atoms with Crippen molar-refractivity contribution in [3.63, 3.8) is 0 Å². The number of aryl methyl sites for hydroxylation is 1. The number of ether oxygens (including phenoxy) is 1. The summed E-state index contributed by atoms with van der Waals surface area (Å²) in [5, 5.41) is 8.87. The molecule has 2 saturated carbocycles. The summed E-state index contributed by atoms with van der Waals surface area (Å²) in [6.07, 6.45) is 10.7. The van der Waals surface area contributed by atoms with Crippen LogP contribution in [0.1, 0.15) is 68.4 Å². The Kier molecular flexibility index (Phi) is 5.54. The molecule has 1 N–H and O–H groups in total. The molecule has 2 nitrogen and oxygen atoms in total. The van der Waals surface area contributed by atoms with Gasteiger partial charge in [-0.25, -0.2) is 0 Å². The molecule has 0 bridgehead atoms. The summed E-state index contributed by atoms with van der Waals surface area (Å²) in [7, 11) is 0. The van der Waals surface area contributed by atoms with Gasteiger partial charge in [0.2, 0.25) is 0 Å². The van der Waals surface area contributed by atoms with E-state index in [0.29, 0.717) is 6.10 Å². The standard InChI is InChI=1S/C20H30O2/c1-15-2-4-16(5-3-15)17-6-8-18(9-7-17)19-10-12-20(13-11-19)22-14-21/h2-5,17-21H,6-14H2,1H3. The highest BCUT2D eigenvalue weighted by molar-refractivity contribution is 5.24. The molecule has 0 radical (unpaired) electrons. The van der Waals surface area contributed by atoms with Crippen molar-refractivity contribution < 1.29 is 9.84 Å². The number of hydrogen-bond acceptors (Lipinski definition) is 2. The van der Waals surface area contributed by atoms with Crippen LogP contribution in [-0.2, 0) is 4.74 Å². The Morgan fingerprint density at radius 2 is 1.41 bits per heavy atom. The lowest BCUT2D eigenvalue weighted by Gasteiger charge is -2.37. The molecule has 0 amide bonds. The monoisotopic (exact) mass is 302 g/mol. The zero-order valence-electron chi connectivity index (χ0n) is 13.8. The number of benzene rings is 1. The van der Waals surface area contributed by atoms with Gasteiger partial charge in [0.25, 0.3) is 0 Å². The lowest BCUT2D eigenvalue weighted by Crippen LogP contribution is -2.28. The molecule has 2 fully saturated rings. The topological polar surface area (TPSA) is 29.5 Å². The summed E-state index contributed by atoms with van der Waals surface area (Å²) >= 11 is 0. The van der Waals surface area contributed by atoms with Gasteiger partial charge in [0.1, 0.15) is 6.79 Å². The second-order valence-electron chi connectivity index (χ2n) is 7.35. The quantitative estimate of drug-likeness (QED) is 0.810. The van der Waals surface area contributed by atoms with Crippen molar-refractivity contribution in [2.24, 2.45) is 11.8 Å². The Bertz CT molecular complexity index is 437. The highest BCUT2D eigenvalue weighted by Crippen LogP contribution is 2.43. The van der Waals surface area contributed by atoms with Crippen molar-refractivity contribution in [3.8, 4) is 0 Å². The number of hydrogen-bond donors (Lipinski definition) is 1. The molecular weight excluding hydrogens is 272 g/mol. The summed E-state index contributed by atoms with van der Waals surface area (Å²) in [6.45, 7) is 2.05. The van der Waals surface area contributed by atoms with Crippen LogP contribution in [0.15, 0.2) is 24.3 Å². The van der Waals surface area contributed by atoms with Crippen molar-refractivity contribution in [1.82, 2.24) is 0 Å². The first-order chi connectivity index (χ1) is 10.8. The minimum atomic E-state index is -0.114. The van der Waals surface area contributed by atoms with E-state index < -0.39 is 0 Å². The normalized spacial score (nSPS) is 32.8. The van der Waals surface area contributed by atoms with E-state index in [4.69, 9.17) is 9.84 Å². The van der Waals surface area contributed by atoms with Crippen LogP contribution in [-0.4, -0.2) is 18.0 Å². The highest BCUT2D eigenvalue weighted by atomic mass is 16.6. The average Bonchev–Trinajstić information content (AvgIpc) is 2.57. The van der Waals surface area contributed by atoms with Crippen molar-refractivity contribution in [2.45, 2.75) is 70.3 Å². The molecular formula is C20H30O2. The van der Waals surface area contributed by atoms with E-state index in [1.807, 2.05) is 0 Å². The molecule has 0 unspecified atom stereocenters. The molecule has 0 saturated heterocycles. The first-order valence-corrected chi connectivity index (χ1v) is 9.05. The molecule has 1 aromatic rings. The van der Waals surface area contributed by atoms with Crippen LogP contribution in [0.25, 0.3) is 0 Å². The number of aliphatic hydroxyl groups excluding tert-OH is 1. The Morgan fingerprint density at radius 3 is 1.95 bits per heavy atom. The fourth-order valence-corrected chi connectivity index (χ4v) is 4.59. The lowest BCUT2D eigenvalue weighted by molar-refractivity contribution is -0.0706. The van der Waals surface area contributed by atoms with Gasteiger partial charge in [-0.2, -0.15) is 0 Å². The third-order valence-corrected chi connectivity index (χ3v) is 6.02. The van der Waals surface area contributed by atoms with Crippen molar-refractivity contribution >= 4 is 0 Å². The smallest absolute Gasteiger partial charge is 0.143 e. The van der Waals surface area contributed by atoms with Gasteiger partial charge in [-0.05, 0) is 81.6 Å². The van der Waals surface area contributed by atoms with Crippen molar-refractivity contribution in [1.29, 1.82) is 0 Å². The summed E-state index contributed by atoms with van der Waals surface area (Å²) in [5.74, 6) is 2.61. The molecule has 122 valence electrons. The first-order valence-electron chi connectivity index (χ1n) is 9.05. The molecule has 22 heavy (non-hydrogen) atoms. The van der Waals surface area contributed by atoms with E-state index in [1.165, 1.54) is 44.1 Å². The van der Waals surface area contributed by atoms with Crippen LogP contribution >= 0.6 is 0 Å². The van der Waals surface area contributed by atoms with E-state index in [0.717, 1.165) is 30.6 Å². The molecule has 3 rings (SSSR count). The molecule has 0 heterocycles. The van der Waals surface area contributed by atoms with E-state index >= 15 is 0 Å². The summed E-state index contributed by atoms with van der Waals surface area (Å²) < 4.78 is 5.36. The Labute approximate surface area is 134 Å². The summed E-state index contributed by atoms with van der Waals surface area (Å²) in [4.78, 5) is 0. The summed E-state index contributed by atoms with van der Waals surface area (Å²) in [6, 6.07) is 9.17. The fraction of sp³-hybridized carbons (Fsp3) is 0.700. The van der Waals surface area contributed by atoms with Crippen LogP contribution in [0.4, 0.5) is 0 Å². The van der Waals surface area contributed by atoms with Crippen LogP contribution in [0, 0.1) is 18.8 Å². The second-order valence-corrected chi connectivity index (χ2v) is 7.35. The van der Waals surface area contributed by atoms with Crippen molar-refractivity contribution in [2.75, 3.05) is 6.79 Å². The molecule has 0 spiro atoms. The van der Waals surface area contributed by atoms with Gasteiger partial charge in [-0.3, -0.25) is 0 Å².